The summed E-state index contributed by atoms with van der Waals surface area (Å²) in [7, 11) is 1.23. The molecule has 4 rings (SSSR count). The van der Waals surface area contributed by atoms with Crippen molar-refractivity contribution in [2.45, 2.75) is 25.2 Å². The number of hydrogen-bond donors (Lipinski definition) is 3. The number of benzene rings is 2. The van der Waals surface area contributed by atoms with Crippen LogP contribution in [-0.2, 0) is 26.7 Å². The summed E-state index contributed by atoms with van der Waals surface area (Å²) >= 11 is 0. The lowest BCUT2D eigenvalue weighted by molar-refractivity contribution is -0.160. The van der Waals surface area contributed by atoms with Crippen molar-refractivity contribution >= 4 is 23.8 Å². The molecular formula is C27H22F6N6O8. The molecular weight excluding hydrogens is 650 g/mol. The maximum Gasteiger partial charge on any atom is 0.471 e. The highest BCUT2D eigenvalue weighted by Gasteiger charge is 2.39. The number of nitrogens with zero attached hydrogens (tertiary/aromatic N) is 4. The molecule has 2 heterocycles. The van der Waals surface area contributed by atoms with Crippen LogP contribution in [0.2, 0.25) is 0 Å². The molecule has 4 aromatic rings. The van der Waals surface area contributed by atoms with E-state index in [2.05, 4.69) is 44.7 Å². The number of rotatable bonds is 10. The summed E-state index contributed by atoms with van der Waals surface area (Å²) in [5.41, 5.74) is 0.659. The quantitative estimate of drug-likeness (QED) is 0.162. The van der Waals surface area contributed by atoms with Crippen molar-refractivity contribution in [3.63, 3.8) is 0 Å². The second kappa shape index (κ2) is 15.5. The number of nitrogens with one attached hydrogen (secondary N) is 2. The fourth-order valence-corrected chi connectivity index (χ4v) is 3.38. The van der Waals surface area contributed by atoms with Crippen LogP contribution in [-0.4, -0.2) is 69.3 Å². The molecule has 3 N–H and O–H groups in total. The van der Waals surface area contributed by atoms with E-state index in [0.717, 1.165) is 0 Å². The van der Waals surface area contributed by atoms with E-state index < -0.39 is 47.9 Å². The van der Waals surface area contributed by atoms with Crippen LogP contribution in [0.25, 0.3) is 22.8 Å². The summed E-state index contributed by atoms with van der Waals surface area (Å²) in [4.78, 5) is 51.6. The van der Waals surface area contributed by atoms with Crippen LogP contribution in [0.3, 0.4) is 0 Å². The Morgan fingerprint density at radius 1 is 0.745 bits per heavy atom. The third-order valence-corrected chi connectivity index (χ3v) is 5.57. The van der Waals surface area contributed by atoms with Gasteiger partial charge >= 0.3 is 36.1 Å². The smallest absolute Gasteiger partial charge is 0.471 e. The minimum absolute atomic E-state index is 0.00170. The van der Waals surface area contributed by atoms with Gasteiger partial charge in [-0.3, -0.25) is 19.2 Å². The van der Waals surface area contributed by atoms with Crippen molar-refractivity contribution in [1.29, 1.82) is 0 Å². The van der Waals surface area contributed by atoms with Gasteiger partial charge in [0.2, 0.25) is 11.6 Å². The predicted molar refractivity (Wildman–Crippen MR) is 143 cm³/mol. The maximum absolute atomic E-state index is 12.5. The van der Waals surface area contributed by atoms with Crippen LogP contribution in [0.4, 0.5) is 26.3 Å². The first-order valence-corrected chi connectivity index (χ1v) is 13.0. The van der Waals surface area contributed by atoms with Crippen LogP contribution in [0.1, 0.15) is 45.3 Å². The Hall–Kier alpha value is -5.82. The molecule has 2 amide bonds. The van der Waals surface area contributed by atoms with Gasteiger partial charge in [0.25, 0.3) is 11.8 Å². The molecule has 2 aromatic carbocycles. The SMILES string of the molecule is COC(=O)CCNC(=O)c1cccc(-c2noc(C(F)(F)F)n2)c1.O=C(O)CCNC(=O)c1cccc(-c2noc(C(F)(F)F)n2)c1. The van der Waals surface area contributed by atoms with Crippen LogP contribution < -0.4 is 10.6 Å². The monoisotopic (exact) mass is 672 g/mol. The minimum atomic E-state index is -4.75. The van der Waals surface area contributed by atoms with Crippen molar-refractivity contribution < 1.29 is 64.4 Å². The summed E-state index contributed by atoms with van der Waals surface area (Å²) in [5, 5.41) is 19.8. The van der Waals surface area contributed by atoms with Gasteiger partial charge in [0, 0.05) is 35.3 Å². The molecule has 0 atom stereocenters. The number of amides is 2. The molecule has 0 spiro atoms. The molecule has 20 heteroatoms. The van der Waals surface area contributed by atoms with Gasteiger partial charge in [0.1, 0.15) is 0 Å². The van der Waals surface area contributed by atoms with E-state index in [1.54, 1.807) is 0 Å². The summed E-state index contributed by atoms with van der Waals surface area (Å²) in [6, 6.07) is 11.2. The van der Waals surface area contributed by atoms with Gasteiger partial charge in [-0.2, -0.15) is 36.3 Å². The number of carboxylic acid groups (broad SMARTS) is 1. The van der Waals surface area contributed by atoms with Gasteiger partial charge in [-0.25, -0.2) is 0 Å². The predicted octanol–water partition coefficient (Wildman–Crippen LogP) is 4.01. The van der Waals surface area contributed by atoms with E-state index in [1.165, 1.54) is 55.6 Å². The van der Waals surface area contributed by atoms with E-state index in [0.29, 0.717) is 0 Å². The molecule has 47 heavy (non-hydrogen) atoms. The molecule has 0 aliphatic carbocycles. The Labute approximate surface area is 259 Å². The number of hydrogen-bond acceptors (Lipinski definition) is 11. The molecule has 0 saturated carbocycles. The van der Waals surface area contributed by atoms with Crippen LogP contribution in [0.15, 0.2) is 57.6 Å². The second-order valence-electron chi connectivity index (χ2n) is 8.99. The number of methoxy groups -OCH3 is 1. The van der Waals surface area contributed by atoms with E-state index >= 15 is 0 Å². The molecule has 0 saturated heterocycles. The summed E-state index contributed by atoms with van der Waals surface area (Å²) in [6.07, 6.45) is -9.74. The third kappa shape index (κ3) is 10.6. The summed E-state index contributed by atoms with van der Waals surface area (Å²) < 4.78 is 87.4. The first kappa shape index (κ1) is 35.7. The van der Waals surface area contributed by atoms with E-state index in [-0.39, 0.29) is 59.8 Å². The largest absolute Gasteiger partial charge is 0.481 e. The molecule has 0 radical (unpaired) electrons. The zero-order valence-corrected chi connectivity index (χ0v) is 23.8. The second-order valence-corrected chi connectivity index (χ2v) is 8.99. The molecule has 0 aliphatic rings. The van der Waals surface area contributed by atoms with Gasteiger partial charge in [-0.15, -0.1) is 0 Å². The number of halogens is 6. The van der Waals surface area contributed by atoms with Crippen molar-refractivity contribution in [1.82, 2.24) is 30.9 Å². The van der Waals surface area contributed by atoms with Gasteiger partial charge in [-0.1, -0.05) is 34.6 Å². The Bertz CT molecular complexity index is 1720. The molecule has 14 nitrogen and oxygen atoms in total. The third-order valence-electron chi connectivity index (χ3n) is 5.57. The van der Waals surface area contributed by atoms with E-state index in [1.807, 2.05) is 0 Å². The molecule has 0 fully saturated rings. The Morgan fingerprint density at radius 2 is 1.17 bits per heavy atom. The fourth-order valence-electron chi connectivity index (χ4n) is 3.38. The number of carboxylic acids is 1. The topological polar surface area (TPSA) is 200 Å². The molecule has 0 bridgehead atoms. The zero-order chi connectivity index (χ0) is 34.8. The zero-order valence-electron chi connectivity index (χ0n) is 23.8. The number of carbonyl (C=O) groups is 4. The van der Waals surface area contributed by atoms with Gasteiger partial charge in [0.15, 0.2) is 0 Å². The van der Waals surface area contributed by atoms with E-state index in [9.17, 15) is 45.5 Å². The van der Waals surface area contributed by atoms with Crippen LogP contribution in [0.5, 0.6) is 0 Å². The fraction of sp³-hybridized carbons (Fsp3) is 0.259. The molecule has 2 aromatic heterocycles. The van der Waals surface area contributed by atoms with Gasteiger partial charge in [-0.05, 0) is 24.3 Å². The van der Waals surface area contributed by atoms with Crippen molar-refractivity contribution in [3.8, 4) is 22.8 Å². The van der Waals surface area contributed by atoms with E-state index in [4.69, 9.17) is 5.11 Å². The maximum atomic E-state index is 12.5. The number of ether oxygens (including phenoxy) is 1. The standard InChI is InChI=1S/C14H12F3N3O4.C13H10F3N3O4/c1-23-10(21)5-6-18-12(22)9-4-2-3-8(7-9)11-19-13(24-20-11)14(15,16)17;14-13(15,16)12-18-10(19-23-12)7-2-1-3-8(6-7)11(22)17-5-4-9(20)21/h2-4,7H,5-6H2,1H3,(H,18,22);1-3,6H,4-5H2,(H,17,22)(H,20,21). The average Bonchev–Trinajstić information content (AvgIpc) is 3.73. The van der Waals surface area contributed by atoms with Crippen LogP contribution >= 0.6 is 0 Å². The summed E-state index contributed by atoms with van der Waals surface area (Å²) in [6.45, 7) is -0.00497. The number of carbonyl (C=O) groups excluding carboxylic acids is 3. The van der Waals surface area contributed by atoms with Gasteiger partial charge in [0.05, 0.1) is 20.0 Å². The highest BCUT2D eigenvalue weighted by Crippen LogP contribution is 2.30. The van der Waals surface area contributed by atoms with Crippen molar-refractivity contribution in [2.24, 2.45) is 0 Å². The lowest BCUT2D eigenvalue weighted by Gasteiger charge is -2.05. The minimum Gasteiger partial charge on any atom is -0.481 e. The molecule has 250 valence electrons. The highest BCUT2D eigenvalue weighted by atomic mass is 19.4. The van der Waals surface area contributed by atoms with Crippen molar-refractivity contribution in [3.05, 3.63) is 71.4 Å². The lowest BCUT2D eigenvalue weighted by atomic mass is 10.1. The number of esters is 1. The average molecular weight is 672 g/mol. The number of alkyl halides is 6. The number of aliphatic carboxylic acids is 1. The van der Waals surface area contributed by atoms with Crippen molar-refractivity contribution in [2.75, 3.05) is 20.2 Å². The number of aromatic nitrogens is 4. The molecule has 0 aliphatic heterocycles. The lowest BCUT2D eigenvalue weighted by Crippen LogP contribution is -2.26. The normalized spacial score (nSPS) is 11.2. The first-order chi connectivity index (χ1) is 22.1. The van der Waals surface area contributed by atoms with Gasteiger partial charge < -0.3 is 29.5 Å². The first-order valence-electron chi connectivity index (χ1n) is 13.0. The molecule has 0 unspecified atom stereocenters. The Balaban J connectivity index is 0.000000256. The Kier molecular flexibility index (Phi) is 11.7. The Morgan fingerprint density at radius 3 is 1.53 bits per heavy atom. The highest BCUT2D eigenvalue weighted by molar-refractivity contribution is 5.96. The van der Waals surface area contributed by atoms with Crippen LogP contribution in [0, 0.1) is 0 Å². The summed E-state index contributed by atoms with van der Waals surface area (Å²) in [5.74, 6) is -6.15.